The predicted octanol–water partition coefficient (Wildman–Crippen LogP) is 2.54. The summed E-state index contributed by atoms with van der Waals surface area (Å²) in [6, 6.07) is 11.6. The standard InChI is InChI=1S/C25H27FN4O5/c1-16(31)27-21-5-3-4-19(14-21)23-22(24(33)29-12-10-28(11-13-29)17(2)32)30(25(34)35-23)15-18-6-8-20(26)9-7-18/h3-9,14,22-23H,10-13,15H2,1-2H3,(H,27,31). The van der Waals surface area contributed by atoms with E-state index in [1.807, 2.05) is 0 Å². The summed E-state index contributed by atoms with van der Waals surface area (Å²) in [6.45, 7) is 4.43. The molecule has 2 fully saturated rings. The minimum Gasteiger partial charge on any atom is -0.438 e. The molecule has 2 unspecified atom stereocenters. The minimum atomic E-state index is -0.969. The molecule has 10 heteroatoms. The smallest absolute Gasteiger partial charge is 0.411 e. The molecule has 2 aliphatic rings. The van der Waals surface area contributed by atoms with Crippen LogP contribution in [0.15, 0.2) is 48.5 Å². The Morgan fingerprint density at radius 2 is 1.66 bits per heavy atom. The van der Waals surface area contributed by atoms with Crippen LogP contribution in [0.4, 0.5) is 14.9 Å². The fraction of sp³-hybridized carbons (Fsp3) is 0.360. The fourth-order valence-electron chi connectivity index (χ4n) is 4.41. The third kappa shape index (κ3) is 5.42. The highest BCUT2D eigenvalue weighted by Crippen LogP contribution is 2.36. The molecule has 0 bridgehead atoms. The maximum atomic E-state index is 13.7. The van der Waals surface area contributed by atoms with Gasteiger partial charge in [0, 0.05) is 45.7 Å². The lowest BCUT2D eigenvalue weighted by Gasteiger charge is -2.37. The Morgan fingerprint density at radius 1 is 1.00 bits per heavy atom. The molecule has 4 amide bonds. The second kappa shape index (κ2) is 10.1. The van der Waals surface area contributed by atoms with E-state index < -0.39 is 24.1 Å². The van der Waals surface area contributed by atoms with E-state index in [4.69, 9.17) is 4.74 Å². The molecule has 2 aliphatic heterocycles. The van der Waals surface area contributed by atoms with Gasteiger partial charge in [0.2, 0.25) is 17.7 Å². The number of benzene rings is 2. The van der Waals surface area contributed by atoms with Gasteiger partial charge < -0.3 is 19.9 Å². The van der Waals surface area contributed by atoms with Gasteiger partial charge in [0.05, 0.1) is 6.54 Å². The summed E-state index contributed by atoms with van der Waals surface area (Å²) in [5.41, 5.74) is 1.73. The van der Waals surface area contributed by atoms with Crippen LogP contribution in [0.25, 0.3) is 0 Å². The average molecular weight is 483 g/mol. The summed E-state index contributed by atoms with van der Waals surface area (Å²) in [7, 11) is 0. The molecule has 9 nitrogen and oxygen atoms in total. The minimum absolute atomic E-state index is 0.0536. The maximum absolute atomic E-state index is 13.7. The summed E-state index contributed by atoms with van der Waals surface area (Å²) >= 11 is 0. The van der Waals surface area contributed by atoms with Gasteiger partial charge >= 0.3 is 6.09 Å². The van der Waals surface area contributed by atoms with E-state index in [1.165, 1.54) is 30.9 Å². The Balaban J connectivity index is 1.64. The lowest BCUT2D eigenvalue weighted by atomic mass is 9.99. The number of cyclic esters (lactones) is 1. The number of carbonyl (C=O) groups is 4. The van der Waals surface area contributed by atoms with Crippen LogP contribution in [0.2, 0.25) is 0 Å². The Kier molecular flexibility index (Phi) is 6.99. The van der Waals surface area contributed by atoms with E-state index >= 15 is 0 Å². The summed E-state index contributed by atoms with van der Waals surface area (Å²) in [5, 5.41) is 2.70. The average Bonchev–Trinajstić information content (AvgIpc) is 3.15. The maximum Gasteiger partial charge on any atom is 0.411 e. The molecular weight excluding hydrogens is 455 g/mol. The summed E-state index contributed by atoms with van der Waals surface area (Å²) in [4.78, 5) is 54.6. The largest absolute Gasteiger partial charge is 0.438 e. The number of anilines is 1. The van der Waals surface area contributed by atoms with Crippen LogP contribution in [0, 0.1) is 5.82 Å². The Morgan fingerprint density at radius 3 is 2.29 bits per heavy atom. The second-order valence-corrected chi connectivity index (χ2v) is 8.64. The van der Waals surface area contributed by atoms with E-state index in [-0.39, 0.29) is 24.3 Å². The molecule has 0 aromatic heterocycles. The highest BCUT2D eigenvalue weighted by Gasteiger charge is 2.48. The van der Waals surface area contributed by atoms with E-state index in [0.717, 1.165) is 0 Å². The summed E-state index contributed by atoms with van der Waals surface area (Å²) < 4.78 is 19.1. The van der Waals surface area contributed by atoms with Crippen molar-refractivity contribution in [2.75, 3.05) is 31.5 Å². The van der Waals surface area contributed by atoms with Gasteiger partial charge in [-0.15, -0.1) is 0 Å². The molecule has 2 aromatic carbocycles. The van der Waals surface area contributed by atoms with Gasteiger partial charge in [0.15, 0.2) is 12.1 Å². The van der Waals surface area contributed by atoms with Crippen molar-refractivity contribution in [1.82, 2.24) is 14.7 Å². The van der Waals surface area contributed by atoms with Crippen molar-refractivity contribution in [2.45, 2.75) is 32.5 Å². The number of nitrogens with one attached hydrogen (secondary N) is 1. The first-order valence-electron chi connectivity index (χ1n) is 11.4. The van der Waals surface area contributed by atoms with E-state index in [2.05, 4.69) is 5.32 Å². The van der Waals surface area contributed by atoms with Crippen LogP contribution in [0.3, 0.4) is 0 Å². The van der Waals surface area contributed by atoms with Crippen molar-refractivity contribution in [3.05, 3.63) is 65.5 Å². The topological polar surface area (TPSA) is 99.3 Å². The first kappa shape index (κ1) is 24.2. The number of ether oxygens (including phenoxy) is 1. The van der Waals surface area contributed by atoms with Crippen molar-refractivity contribution in [2.24, 2.45) is 0 Å². The third-order valence-corrected chi connectivity index (χ3v) is 6.18. The van der Waals surface area contributed by atoms with Crippen LogP contribution >= 0.6 is 0 Å². The van der Waals surface area contributed by atoms with Gasteiger partial charge in [-0.25, -0.2) is 9.18 Å². The van der Waals surface area contributed by atoms with E-state index in [1.54, 1.807) is 46.2 Å². The zero-order valence-corrected chi connectivity index (χ0v) is 19.6. The van der Waals surface area contributed by atoms with Crippen LogP contribution in [-0.4, -0.2) is 70.7 Å². The van der Waals surface area contributed by atoms with Gasteiger partial charge in [-0.3, -0.25) is 19.3 Å². The Bertz CT molecular complexity index is 1130. The molecule has 184 valence electrons. The Hall–Kier alpha value is -3.95. The molecule has 35 heavy (non-hydrogen) atoms. The summed E-state index contributed by atoms with van der Waals surface area (Å²) in [6.07, 6.45) is -1.57. The van der Waals surface area contributed by atoms with Crippen LogP contribution < -0.4 is 5.32 Å². The molecule has 2 saturated heterocycles. The van der Waals surface area contributed by atoms with E-state index in [0.29, 0.717) is 43.0 Å². The molecular formula is C25H27FN4O5. The third-order valence-electron chi connectivity index (χ3n) is 6.18. The predicted molar refractivity (Wildman–Crippen MR) is 125 cm³/mol. The van der Waals surface area contributed by atoms with Gasteiger partial charge in [-0.05, 0) is 35.4 Å². The molecule has 0 saturated carbocycles. The highest BCUT2D eigenvalue weighted by molar-refractivity contribution is 5.90. The first-order valence-corrected chi connectivity index (χ1v) is 11.4. The number of hydrogen-bond donors (Lipinski definition) is 1. The number of nitrogens with zero attached hydrogens (tertiary/aromatic N) is 3. The van der Waals surface area contributed by atoms with Gasteiger partial charge in [-0.2, -0.15) is 0 Å². The molecule has 2 heterocycles. The van der Waals surface area contributed by atoms with Crippen molar-refractivity contribution >= 4 is 29.5 Å². The fourth-order valence-corrected chi connectivity index (χ4v) is 4.41. The number of amides is 4. The van der Waals surface area contributed by atoms with Gasteiger partial charge in [0.25, 0.3) is 0 Å². The van der Waals surface area contributed by atoms with Crippen molar-refractivity contribution in [3.63, 3.8) is 0 Å². The number of halogens is 1. The lowest BCUT2D eigenvalue weighted by molar-refractivity contribution is -0.142. The number of hydrogen-bond acceptors (Lipinski definition) is 5. The first-order chi connectivity index (χ1) is 16.7. The number of carbonyl (C=O) groups excluding carboxylic acids is 4. The quantitative estimate of drug-likeness (QED) is 0.706. The van der Waals surface area contributed by atoms with E-state index in [9.17, 15) is 23.6 Å². The van der Waals surface area contributed by atoms with Gasteiger partial charge in [-0.1, -0.05) is 24.3 Å². The highest BCUT2D eigenvalue weighted by atomic mass is 19.1. The zero-order valence-electron chi connectivity index (χ0n) is 19.6. The molecule has 2 atom stereocenters. The Labute approximate surface area is 202 Å². The summed E-state index contributed by atoms with van der Waals surface area (Å²) in [5.74, 6) is -1.00. The molecule has 2 aromatic rings. The lowest BCUT2D eigenvalue weighted by Crippen LogP contribution is -2.55. The molecule has 0 aliphatic carbocycles. The normalized spacial score (nSPS) is 20.0. The SMILES string of the molecule is CC(=O)Nc1cccc(C2OC(=O)N(Cc3ccc(F)cc3)C2C(=O)N2CCN(C(C)=O)CC2)c1. The second-order valence-electron chi connectivity index (χ2n) is 8.64. The van der Waals surface area contributed by atoms with Crippen molar-refractivity contribution in [1.29, 1.82) is 0 Å². The molecule has 0 radical (unpaired) electrons. The van der Waals surface area contributed by atoms with Crippen LogP contribution in [0.5, 0.6) is 0 Å². The molecule has 4 rings (SSSR count). The van der Waals surface area contributed by atoms with Gasteiger partial charge in [0.1, 0.15) is 5.82 Å². The number of rotatable bonds is 5. The molecule has 1 N–H and O–H groups in total. The number of piperazine rings is 1. The van der Waals surface area contributed by atoms with Crippen molar-refractivity contribution in [3.8, 4) is 0 Å². The monoisotopic (exact) mass is 482 g/mol. The van der Waals surface area contributed by atoms with Crippen LogP contribution in [-0.2, 0) is 25.7 Å². The van der Waals surface area contributed by atoms with Crippen LogP contribution in [0.1, 0.15) is 31.1 Å². The zero-order chi connectivity index (χ0) is 25.1. The molecule has 0 spiro atoms. The van der Waals surface area contributed by atoms with Crippen molar-refractivity contribution < 1.29 is 28.3 Å².